The predicted molar refractivity (Wildman–Crippen MR) is 136 cm³/mol. The number of amides is 1. The van der Waals surface area contributed by atoms with E-state index in [4.69, 9.17) is 0 Å². The number of aromatic amines is 1. The number of H-pyrrole nitrogens is 1. The quantitative estimate of drug-likeness (QED) is 0.472. The Morgan fingerprint density at radius 3 is 2.50 bits per heavy atom. The summed E-state index contributed by atoms with van der Waals surface area (Å²) < 4.78 is 0.829. The number of pyridine rings is 1. The van der Waals surface area contributed by atoms with E-state index in [0.717, 1.165) is 52.3 Å². The molecule has 1 aromatic heterocycles. The fourth-order valence-corrected chi connectivity index (χ4v) is 4.06. The molecule has 0 unspecified atom stereocenters. The molecule has 0 aliphatic rings. The van der Waals surface area contributed by atoms with Gasteiger partial charge >= 0.3 is 0 Å². The highest BCUT2D eigenvalue weighted by molar-refractivity contribution is 9.10. The molecule has 1 heterocycles. The maximum Gasteiger partial charge on any atom is 0.253 e. The summed E-state index contributed by atoms with van der Waals surface area (Å²) in [4.78, 5) is 32.4. The van der Waals surface area contributed by atoms with Crippen molar-refractivity contribution in [1.82, 2.24) is 15.2 Å². The van der Waals surface area contributed by atoms with E-state index in [1.807, 2.05) is 46.0 Å². The van der Waals surface area contributed by atoms with Crippen LogP contribution < -0.4 is 15.8 Å². The number of nitrogens with one attached hydrogen (secondary N) is 2. The average Bonchev–Trinajstić information content (AvgIpc) is 2.74. The van der Waals surface area contributed by atoms with Gasteiger partial charge in [0.1, 0.15) is 0 Å². The van der Waals surface area contributed by atoms with Crippen LogP contribution in [0.15, 0.2) is 52.4 Å². The molecule has 0 radical (unpaired) electrons. The first-order valence-electron chi connectivity index (χ1n) is 10.6. The fourth-order valence-electron chi connectivity index (χ4n) is 3.61. The second-order valence-corrected chi connectivity index (χ2v) is 8.84. The van der Waals surface area contributed by atoms with E-state index in [1.165, 1.54) is 0 Å². The van der Waals surface area contributed by atoms with Crippen LogP contribution in [0.4, 0.5) is 5.69 Å². The standard InChI is InChI=1S/C25H33BrN4O2/c1-8-18(5)29(7)10-11-30(9-2)23-14-20(26)13-21(19(23)6)24(31)27-15-22-16(3)12-17(4)28-25(22)32/h8,12-14H,1,5,9-11,15H2,2-4,6-7H3,(H,27,31)(H,28,32). The molecule has 0 aliphatic carbocycles. The lowest BCUT2D eigenvalue weighted by Gasteiger charge is -2.29. The molecule has 2 aromatic rings. The Morgan fingerprint density at radius 1 is 1.22 bits per heavy atom. The van der Waals surface area contributed by atoms with Crippen LogP contribution in [-0.2, 0) is 6.54 Å². The Morgan fingerprint density at radius 2 is 1.91 bits per heavy atom. The van der Waals surface area contributed by atoms with Crippen LogP contribution in [0.25, 0.3) is 0 Å². The zero-order chi connectivity index (χ0) is 24.0. The highest BCUT2D eigenvalue weighted by atomic mass is 79.9. The zero-order valence-corrected chi connectivity index (χ0v) is 21.2. The number of hydrogen-bond donors (Lipinski definition) is 2. The summed E-state index contributed by atoms with van der Waals surface area (Å²) in [5, 5.41) is 2.91. The van der Waals surface area contributed by atoms with Gasteiger partial charge in [-0.1, -0.05) is 29.1 Å². The number of benzene rings is 1. The number of aromatic nitrogens is 1. The summed E-state index contributed by atoms with van der Waals surface area (Å²) in [5.41, 5.74) is 5.40. The topological polar surface area (TPSA) is 68.4 Å². The van der Waals surface area contributed by atoms with E-state index < -0.39 is 0 Å². The minimum absolute atomic E-state index is 0.170. The summed E-state index contributed by atoms with van der Waals surface area (Å²) in [5.74, 6) is -0.211. The van der Waals surface area contributed by atoms with Gasteiger partial charge in [-0.25, -0.2) is 0 Å². The van der Waals surface area contributed by atoms with Gasteiger partial charge in [-0.2, -0.15) is 0 Å². The third-order valence-corrected chi connectivity index (χ3v) is 6.12. The molecule has 2 N–H and O–H groups in total. The van der Waals surface area contributed by atoms with Gasteiger partial charge in [0.25, 0.3) is 11.5 Å². The van der Waals surface area contributed by atoms with Gasteiger partial charge in [-0.3, -0.25) is 9.59 Å². The Bertz CT molecular complexity index is 1070. The molecule has 0 saturated heterocycles. The predicted octanol–water partition coefficient (Wildman–Crippen LogP) is 4.45. The molecular formula is C25H33BrN4O2. The number of carbonyl (C=O) groups excluding carboxylic acids is 1. The van der Waals surface area contributed by atoms with Gasteiger partial charge in [-0.15, -0.1) is 0 Å². The normalized spacial score (nSPS) is 10.6. The number of carbonyl (C=O) groups is 1. The molecule has 0 fully saturated rings. The average molecular weight is 501 g/mol. The first kappa shape index (κ1) is 25.5. The maximum absolute atomic E-state index is 13.0. The highest BCUT2D eigenvalue weighted by Crippen LogP contribution is 2.28. The molecule has 0 saturated carbocycles. The van der Waals surface area contributed by atoms with Crippen molar-refractivity contribution in [2.45, 2.75) is 34.2 Å². The monoisotopic (exact) mass is 500 g/mol. The van der Waals surface area contributed by atoms with E-state index >= 15 is 0 Å². The number of halogens is 1. The lowest BCUT2D eigenvalue weighted by molar-refractivity contribution is 0.0950. The number of aryl methyl sites for hydroxylation is 2. The molecule has 2 rings (SSSR count). The third-order valence-electron chi connectivity index (χ3n) is 5.66. The van der Waals surface area contributed by atoms with Gasteiger partial charge in [0.2, 0.25) is 0 Å². The molecule has 32 heavy (non-hydrogen) atoms. The summed E-state index contributed by atoms with van der Waals surface area (Å²) in [6, 6.07) is 5.76. The Balaban J connectivity index is 2.24. The molecule has 1 aromatic carbocycles. The molecular weight excluding hydrogens is 468 g/mol. The van der Waals surface area contributed by atoms with Gasteiger partial charge in [-0.05, 0) is 63.1 Å². The van der Waals surface area contributed by atoms with Gasteiger partial charge < -0.3 is 20.1 Å². The molecule has 0 bridgehead atoms. The van der Waals surface area contributed by atoms with E-state index in [1.54, 1.807) is 6.08 Å². The van der Waals surface area contributed by atoms with Crippen molar-refractivity contribution in [3.8, 4) is 0 Å². The van der Waals surface area contributed by atoms with Crippen LogP contribution >= 0.6 is 15.9 Å². The SMILES string of the molecule is C=CC(=C)N(C)CCN(CC)c1cc(Br)cc(C(=O)NCc2c(C)cc(C)[nH]c2=O)c1C. The van der Waals surface area contributed by atoms with Crippen LogP contribution in [0.2, 0.25) is 0 Å². The van der Waals surface area contributed by atoms with Crippen molar-refractivity contribution in [3.05, 3.63) is 85.9 Å². The number of hydrogen-bond acceptors (Lipinski definition) is 4. The molecule has 0 aliphatic heterocycles. The molecule has 1 amide bonds. The van der Waals surface area contributed by atoms with Crippen molar-refractivity contribution in [2.75, 3.05) is 31.6 Å². The second-order valence-electron chi connectivity index (χ2n) is 7.92. The third kappa shape index (κ3) is 6.13. The number of nitrogens with zero attached hydrogens (tertiary/aromatic N) is 2. The molecule has 0 atom stereocenters. The van der Waals surface area contributed by atoms with Crippen LogP contribution in [0.5, 0.6) is 0 Å². The van der Waals surface area contributed by atoms with Crippen LogP contribution in [0, 0.1) is 20.8 Å². The van der Waals surface area contributed by atoms with Crippen LogP contribution in [0.3, 0.4) is 0 Å². The zero-order valence-electron chi connectivity index (χ0n) is 19.6. The number of rotatable bonds is 10. The van der Waals surface area contributed by atoms with Crippen molar-refractivity contribution in [3.63, 3.8) is 0 Å². The van der Waals surface area contributed by atoms with E-state index in [-0.39, 0.29) is 18.0 Å². The van der Waals surface area contributed by atoms with Crippen molar-refractivity contribution in [2.24, 2.45) is 0 Å². The van der Waals surface area contributed by atoms with Gasteiger partial charge in [0.05, 0.1) is 0 Å². The van der Waals surface area contributed by atoms with Crippen molar-refractivity contribution in [1.29, 1.82) is 0 Å². The smallest absolute Gasteiger partial charge is 0.253 e. The largest absolute Gasteiger partial charge is 0.373 e. The Labute approximate surface area is 199 Å². The molecule has 172 valence electrons. The second kappa shape index (κ2) is 11.2. The van der Waals surface area contributed by atoms with E-state index in [2.05, 4.69) is 56.1 Å². The van der Waals surface area contributed by atoms with E-state index in [9.17, 15) is 9.59 Å². The lowest BCUT2D eigenvalue weighted by Crippen LogP contribution is -2.33. The van der Waals surface area contributed by atoms with Crippen molar-refractivity contribution >= 4 is 27.5 Å². The minimum atomic E-state index is -0.211. The summed E-state index contributed by atoms with van der Waals surface area (Å²) in [7, 11) is 1.99. The first-order valence-corrected chi connectivity index (χ1v) is 11.4. The molecule has 7 heteroatoms. The van der Waals surface area contributed by atoms with Crippen LogP contribution in [0.1, 0.15) is 39.7 Å². The Kier molecular flexibility index (Phi) is 8.89. The highest BCUT2D eigenvalue weighted by Gasteiger charge is 2.18. The maximum atomic E-state index is 13.0. The fraction of sp³-hybridized carbons (Fsp3) is 0.360. The van der Waals surface area contributed by atoms with Gasteiger partial charge in [0, 0.05) is 65.9 Å². The van der Waals surface area contributed by atoms with E-state index in [0.29, 0.717) is 11.1 Å². The van der Waals surface area contributed by atoms with Crippen LogP contribution in [-0.4, -0.2) is 42.5 Å². The molecule has 6 nitrogen and oxygen atoms in total. The number of anilines is 1. The summed E-state index contributed by atoms with van der Waals surface area (Å²) in [6.07, 6.45) is 1.74. The summed E-state index contributed by atoms with van der Waals surface area (Å²) in [6.45, 7) is 18.0. The first-order chi connectivity index (χ1) is 15.1. The van der Waals surface area contributed by atoms with Crippen molar-refractivity contribution < 1.29 is 4.79 Å². The molecule has 0 spiro atoms. The summed E-state index contributed by atoms with van der Waals surface area (Å²) >= 11 is 3.56. The lowest BCUT2D eigenvalue weighted by atomic mass is 10.0. The number of likely N-dealkylation sites (N-methyl/N-ethyl adjacent to an activating group) is 2. The Hall–Kier alpha value is -2.80. The minimum Gasteiger partial charge on any atom is -0.373 e. The van der Waals surface area contributed by atoms with Gasteiger partial charge in [0.15, 0.2) is 0 Å². The number of allylic oxidation sites excluding steroid dienone is 1.